The summed E-state index contributed by atoms with van der Waals surface area (Å²) < 4.78 is 16.2. The molecule has 0 heterocycles. The second-order valence-electron chi connectivity index (χ2n) is 4.47. The van der Waals surface area contributed by atoms with Crippen LogP contribution in [0, 0.1) is 0 Å². The Morgan fingerprint density at radius 2 is 1.67 bits per heavy atom. The third kappa shape index (κ3) is 3.81. The van der Waals surface area contributed by atoms with E-state index in [9.17, 15) is 0 Å². The first-order valence-electron chi connectivity index (χ1n) is 6.95. The molecule has 0 saturated carbocycles. The van der Waals surface area contributed by atoms with Crippen LogP contribution in [-0.4, -0.2) is 20.8 Å². The third-order valence-electron chi connectivity index (χ3n) is 3.12. The topological polar surface area (TPSA) is 39.7 Å². The minimum absolute atomic E-state index is 0.611. The second kappa shape index (κ2) is 7.43. The highest BCUT2D eigenvalue weighted by Crippen LogP contribution is 2.29. The molecule has 0 spiro atoms. The van der Waals surface area contributed by atoms with Gasteiger partial charge in [-0.15, -0.1) is 0 Å². The second-order valence-corrected chi connectivity index (χ2v) is 4.47. The number of para-hydroxylation sites is 2. The summed E-state index contributed by atoms with van der Waals surface area (Å²) in [4.78, 5) is 0. The van der Waals surface area contributed by atoms with E-state index < -0.39 is 0 Å². The Morgan fingerprint density at radius 1 is 0.905 bits per heavy atom. The Morgan fingerprint density at radius 3 is 2.38 bits per heavy atom. The normalized spacial score (nSPS) is 10.0. The summed E-state index contributed by atoms with van der Waals surface area (Å²) in [6.45, 7) is 3.25. The Labute approximate surface area is 125 Å². The van der Waals surface area contributed by atoms with Gasteiger partial charge in [-0.25, -0.2) is 0 Å². The van der Waals surface area contributed by atoms with Crippen molar-refractivity contribution in [1.82, 2.24) is 0 Å². The van der Waals surface area contributed by atoms with E-state index in [1.165, 1.54) is 0 Å². The van der Waals surface area contributed by atoms with Crippen molar-refractivity contribution in [3.63, 3.8) is 0 Å². The van der Waals surface area contributed by atoms with Gasteiger partial charge >= 0.3 is 0 Å². The molecule has 0 saturated heterocycles. The van der Waals surface area contributed by atoms with E-state index >= 15 is 0 Å². The largest absolute Gasteiger partial charge is 0.495 e. The van der Waals surface area contributed by atoms with Crippen LogP contribution in [0.15, 0.2) is 42.5 Å². The number of anilines is 1. The maximum absolute atomic E-state index is 5.59. The van der Waals surface area contributed by atoms with Crippen LogP contribution in [0.4, 0.5) is 5.69 Å². The van der Waals surface area contributed by atoms with Crippen LogP contribution in [0.1, 0.15) is 12.5 Å². The smallest absolute Gasteiger partial charge is 0.161 e. The van der Waals surface area contributed by atoms with Crippen molar-refractivity contribution < 1.29 is 14.2 Å². The van der Waals surface area contributed by atoms with E-state index in [2.05, 4.69) is 5.32 Å². The highest BCUT2D eigenvalue weighted by Gasteiger charge is 2.06. The molecule has 0 fully saturated rings. The highest BCUT2D eigenvalue weighted by molar-refractivity contribution is 5.56. The maximum atomic E-state index is 5.59. The monoisotopic (exact) mass is 287 g/mol. The number of rotatable bonds is 7. The van der Waals surface area contributed by atoms with Crippen molar-refractivity contribution in [3.8, 4) is 17.2 Å². The Bertz CT molecular complexity index is 584. The fraction of sp³-hybridized carbons (Fsp3) is 0.294. The van der Waals surface area contributed by atoms with Crippen molar-refractivity contribution in [1.29, 1.82) is 0 Å². The molecule has 0 radical (unpaired) electrons. The average Bonchev–Trinajstić information content (AvgIpc) is 2.53. The molecule has 0 amide bonds. The quantitative estimate of drug-likeness (QED) is 0.842. The summed E-state index contributed by atoms with van der Waals surface area (Å²) in [5, 5.41) is 3.37. The maximum Gasteiger partial charge on any atom is 0.161 e. The summed E-state index contributed by atoms with van der Waals surface area (Å²) in [6, 6.07) is 13.8. The SMILES string of the molecule is CCOc1cc(CNc2ccccc2OC)ccc1OC. The molecule has 2 rings (SSSR count). The van der Waals surface area contributed by atoms with Crippen LogP contribution in [0.2, 0.25) is 0 Å². The minimum atomic E-state index is 0.611. The lowest BCUT2D eigenvalue weighted by molar-refractivity contribution is 0.310. The lowest BCUT2D eigenvalue weighted by Crippen LogP contribution is -2.02. The van der Waals surface area contributed by atoms with Crippen molar-refractivity contribution >= 4 is 5.69 Å². The summed E-state index contributed by atoms with van der Waals surface area (Å²) in [5.41, 5.74) is 2.08. The Hall–Kier alpha value is -2.36. The highest BCUT2D eigenvalue weighted by atomic mass is 16.5. The van der Waals surface area contributed by atoms with E-state index in [0.29, 0.717) is 13.2 Å². The number of ether oxygens (including phenoxy) is 3. The first-order valence-corrected chi connectivity index (χ1v) is 6.95. The van der Waals surface area contributed by atoms with Gasteiger partial charge in [0.2, 0.25) is 0 Å². The molecule has 0 aliphatic heterocycles. The molecule has 0 atom stereocenters. The van der Waals surface area contributed by atoms with E-state index in [4.69, 9.17) is 14.2 Å². The van der Waals surface area contributed by atoms with Crippen molar-refractivity contribution in [2.24, 2.45) is 0 Å². The van der Waals surface area contributed by atoms with Gasteiger partial charge in [0.15, 0.2) is 11.5 Å². The standard InChI is InChI=1S/C17H21NO3/c1-4-21-17-11-13(9-10-16(17)20-3)12-18-14-7-5-6-8-15(14)19-2/h5-11,18H,4,12H2,1-3H3. The van der Waals surface area contributed by atoms with Crippen LogP contribution in [0.5, 0.6) is 17.2 Å². The third-order valence-corrected chi connectivity index (χ3v) is 3.12. The number of benzene rings is 2. The molecule has 4 nitrogen and oxygen atoms in total. The molecule has 0 aliphatic rings. The summed E-state index contributed by atoms with van der Waals surface area (Å²) >= 11 is 0. The predicted molar refractivity (Wildman–Crippen MR) is 84.5 cm³/mol. The molecule has 4 heteroatoms. The molecule has 2 aromatic rings. The van der Waals surface area contributed by atoms with Crippen LogP contribution in [0.3, 0.4) is 0 Å². The Balaban J connectivity index is 2.11. The zero-order valence-corrected chi connectivity index (χ0v) is 12.7. The first kappa shape index (κ1) is 15.0. The molecule has 1 N–H and O–H groups in total. The number of hydrogen-bond donors (Lipinski definition) is 1. The van der Waals surface area contributed by atoms with Gasteiger partial charge in [-0.2, -0.15) is 0 Å². The molecule has 112 valence electrons. The van der Waals surface area contributed by atoms with Gasteiger partial charge in [0.1, 0.15) is 5.75 Å². The van der Waals surface area contributed by atoms with Crippen molar-refractivity contribution in [2.75, 3.05) is 26.1 Å². The van der Waals surface area contributed by atoms with E-state index in [1.807, 2.05) is 49.4 Å². The van der Waals surface area contributed by atoms with E-state index in [0.717, 1.165) is 28.5 Å². The first-order chi connectivity index (χ1) is 10.3. The van der Waals surface area contributed by atoms with Gasteiger partial charge < -0.3 is 19.5 Å². The van der Waals surface area contributed by atoms with Crippen LogP contribution in [0.25, 0.3) is 0 Å². The van der Waals surface area contributed by atoms with Crippen molar-refractivity contribution in [3.05, 3.63) is 48.0 Å². The molecule has 0 aromatic heterocycles. The molecular formula is C17H21NO3. The number of nitrogens with one attached hydrogen (secondary N) is 1. The number of methoxy groups -OCH3 is 2. The molecule has 0 unspecified atom stereocenters. The Kier molecular flexibility index (Phi) is 5.32. The lowest BCUT2D eigenvalue weighted by atomic mass is 10.2. The van der Waals surface area contributed by atoms with Gasteiger partial charge in [-0.05, 0) is 36.8 Å². The fourth-order valence-electron chi connectivity index (χ4n) is 2.09. The van der Waals surface area contributed by atoms with Gasteiger partial charge in [-0.3, -0.25) is 0 Å². The molecule has 21 heavy (non-hydrogen) atoms. The predicted octanol–water partition coefficient (Wildman–Crippen LogP) is 3.71. The van der Waals surface area contributed by atoms with Crippen LogP contribution < -0.4 is 19.5 Å². The molecule has 0 bridgehead atoms. The summed E-state index contributed by atoms with van der Waals surface area (Å²) in [6.07, 6.45) is 0. The average molecular weight is 287 g/mol. The van der Waals surface area contributed by atoms with Crippen molar-refractivity contribution in [2.45, 2.75) is 13.5 Å². The van der Waals surface area contributed by atoms with Crippen LogP contribution >= 0.6 is 0 Å². The van der Waals surface area contributed by atoms with Gasteiger partial charge in [-0.1, -0.05) is 18.2 Å². The molecular weight excluding hydrogens is 266 g/mol. The summed E-state index contributed by atoms with van der Waals surface area (Å²) in [7, 11) is 3.31. The van der Waals surface area contributed by atoms with E-state index in [-0.39, 0.29) is 0 Å². The minimum Gasteiger partial charge on any atom is -0.495 e. The zero-order valence-electron chi connectivity index (χ0n) is 12.7. The molecule has 2 aromatic carbocycles. The van der Waals surface area contributed by atoms with Gasteiger partial charge in [0, 0.05) is 6.54 Å². The van der Waals surface area contributed by atoms with Crippen LogP contribution in [-0.2, 0) is 6.54 Å². The lowest BCUT2D eigenvalue weighted by Gasteiger charge is -2.13. The van der Waals surface area contributed by atoms with E-state index in [1.54, 1.807) is 14.2 Å². The van der Waals surface area contributed by atoms with Gasteiger partial charge in [0.25, 0.3) is 0 Å². The molecule has 0 aliphatic carbocycles. The number of hydrogen-bond acceptors (Lipinski definition) is 4. The zero-order chi connectivity index (χ0) is 15.1. The van der Waals surface area contributed by atoms with Gasteiger partial charge in [0.05, 0.1) is 26.5 Å². The fourth-order valence-corrected chi connectivity index (χ4v) is 2.09. The summed E-state index contributed by atoms with van der Waals surface area (Å²) in [5.74, 6) is 2.34.